The molecule has 2 aromatic carbocycles. The van der Waals surface area contributed by atoms with Gasteiger partial charge in [0, 0.05) is 35.2 Å². The highest BCUT2D eigenvalue weighted by Gasteiger charge is 2.36. The third-order valence-electron chi connectivity index (χ3n) is 5.82. The molecule has 8 heteroatoms. The van der Waals surface area contributed by atoms with E-state index >= 15 is 0 Å². The molecule has 0 radical (unpaired) electrons. The molecule has 2 unspecified atom stereocenters. The Morgan fingerprint density at radius 1 is 1.23 bits per heavy atom. The molecular weight excluding hydrogens is 410 g/mol. The van der Waals surface area contributed by atoms with Gasteiger partial charge in [-0.25, -0.2) is 0 Å². The van der Waals surface area contributed by atoms with Gasteiger partial charge in [0.25, 0.3) is 0 Å². The number of phenolic OH excluding ortho intramolecular Hbond substituents is 2. The van der Waals surface area contributed by atoms with Gasteiger partial charge >= 0.3 is 0 Å². The Kier molecular flexibility index (Phi) is 5.36. The minimum absolute atomic E-state index is 0.0168. The number of hydrogen-bond acceptors (Lipinski definition) is 7. The van der Waals surface area contributed by atoms with Gasteiger partial charge in [0.05, 0.1) is 18.7 Å². The Bertz CT molecular complexity index is 1170. The molecule has 0 saturated carbocycles. The molecule has 1 saturated heterocycles. The van der Waals surface area contributed by atoms with Crippen molar-refractivity contribution in [2.75, 3.05) is 27.3 Å². The van der Waals surface area contributed by atoms with Gasteiger partial charge in [-0.15, -0.1) is 0 Å². The van der Waals surface area contributed by atoms with Crippen molar-refractivity contribution in [2.45, 2.75) is 18.4 Å². The number of hydrogen-bond donors (Lipinski definition) is 3. The number of halogens is 1. The van der Waals surface area contributed by atoms with E-state index in [9.17, 15) is 20.1 Å². The van der Waals surface area contributed by atoms with Crippen LogP contribution in [0.15, 0.2) is 39.5 Å². The van der Waals surface area contributed by atoms with Crippen molar-refractivity contribution in [3.8, 4) is 28.6 Å². The molecule has 7 nitrogen and oxygen atoms in total. The minimum Gasteiger partial charge on any atom is -0.507 e. The highest BCUT2D eigenvalue weighted by Crippen LogP contribution is 2.44. The normalized spacial score (nSPS) is 19.5. The summed E-state index contributed by atoms with van der Waals surface area (Å²) in [6.07, 6.45) is 0.656. The first-order valence-electron chi connectivity index (χ1n) is 9.53. The summed E-state index contributed by atoms with van der Waals surface area (Å²) >= 11 is 6.33. The van der Waals surface area contributed by atoms with Crippen LogP contribution in [0.1, 0.15) is 17.9 Å². The maximum atomic E-state index is 12.9. The molecule has 2 heterocycles. The van der Waals surface area contributed by atoms with Crippen LogP contribution in [-0.2, 0) is 0 Å². The quantitative estimate of drug-likeness (QED) is 0.582. The number of nitrogens with zero attached hydrogens (tertiary/aromatic N) is 1. The van der Waals surface area contributed by atoms with Crippen molar-refractivity contribution in [1.82, 2.24) is 4.90 Å². The molecule has 1 aromatic heterocycles. The summed E-state index contributed by atoms with van der Waals surface area (Å²) in [6, 6.07) is 7.13. The number of aliphatic hydroxyl groups excluding tert-OH is 1. The molecule has 4 rings (SSSR count). The van der Waals surface area contributed by atoms with Crippen LogP contribution in [0.4, 0.5) is 0 Å². The van der Waals surface area contributed by atoms with Crippen molar-refractivity contribution in [1.29, 1.82) is 0 Å². The highest BCUT2D eigenvalue weighted by atomic mass is 35.5. The summed E-state index contributed by atoms with van der Waals surface area (Å²) < 4.78 is 11.3. The summed E-state index contributed by atoms with van der Waals surface area (Å²) in [4.78, 5) is 14.9. The Morgan fingerprint density at radius 2 is 2.00 bits per heavy atom. The topological polar surface area (TPSA) is 103 Å². The van der Waals surface area contributed by atoms with Gasteiger partial charge in [-0.3, -0.25) is 4.79 Å². The Hall–Kier alpha value is -2.74. The van der Waals surface area contributed by atoms with Gasteiger partial charge in [-0.2, -0.15) is 0 Å². The molecule has 30 heavy (non-hydrogen) atoms. The number of likely N-dealkylation sites (N-methyl/N-ethyl adjacent to an activating group) is 1. The molecule has 0 spiro atoms. The van der Waals surface area contributed by atoms with Gasteiger partial charge in [0.15, 0.2) is 5.43 Å². The van der Waals surface area contributed by atoms with Gasteiger partial charge in [0.2, 0.25) is 0 Å². The lowest BCUT2D eigenvalue weighted by Crippen LogP contribution is -2.32. The zero-order valence-corrected chi connectivity index (χ0v) is 17.3. The Morgan fingerprint density at radius 3 is 2.70 bits per heavy atom. The van der Waals surface area contributed by atoms with Crippen molar-refractivity contribution < 1.29 is 24.5 Å². The molecular formula is C22H22ClNO6. The van der Waals surface area contributed by atoms with E-state index in [-0.39, 0.29) is 46.8 Å². The van der Waals surface area contributed by atoms with E-state index in [4.69, 9.17) is 20.8 Å². The van der Waals surface area contributed by atoms with Crippen LogP contribution < -0.4 is 10.2 Å². The van der Waals surface area contributed by atoms with E-state index in [1.807, 2.05) is 11.9 Å². The number of likely N-dealkylation sites (tertiary alicyclic amines) is 1. The molecule has 0 aliphatic carbocycles. The first-order chi connectivity index (χ1) is 14.3. The summed E-state index contributed by atoms with van der Waals surface area (Å²) in [6.45, 7) is 0.595. The Labute approximate surface area is 177 Å². The lowest BCUT2D eigenvalue weighted by Gasteiger charge is -2.24. The monoisotopic (exact) mass is 431 g/mol. The van der Waals surface area contributed by atoms with E-state index in [0.29, 0.717) is 34.9 Å². The van der Waals surface area contributed by atoms with Gasteiger partial charge < -0.3 is 29.4 Å². The summed E-state index contributed by atoms with van der Waals surface area (Å²) in [5.41, 5.74) is 0.471. The zero-order valence-electron chi connectivity index (χ0n) is 16.6. The lowest BCUT2D eigenvalue weighted by atomic mass is 9.89. The fourth-order valence-electron chi connectivity index (χ4n) is 4.24. The second-order valence-corrected chi connectivity index (χ2v) is 7.89. The average Bonchev–Trinajstić information content (AvgIpc) is 3.07. The highest BCUT2D eigenvalue weighted by molar-refractivity contribution is 6.33. The largest absolute Gasteiger partial charge is 0.507 e. The van der Waals surface area contributed by atoms with Gasteiger partial charge in [-0.1, -0.05) is 11.6 Å². The second kappa shape index (κ2) is 7.83. The molecule has 1 fully saturated rings. The summed E-state index contributed by atoms with van der Waals surface area (Å²) in [7, 11) is 3.40. The maximum Gasteiger partial charge on any atom is 0.197 e. The lowest BCUT2D eigenvalue weighted by molar-refractivity contribution is 0.172. The SMILES string of the molecule is COc1ccc(Cl)c(-c2cc(=O)c3c(O)cc(O)c(C4CCN(C)C4CO)c3o2)c1. The van der Waals surface area contributed by atoms with Gasteiger partial charge in [-0.05, 0) is 38.2 Å². The molecule has 0 amide bonds. The molecule has 1 aliphatic heterocycles. The number of aliphatic hydroxyl groups is 1. The van der Waals surface area contributed by atoms with E-state index in [2.05, 4.69) is 0 Å². The molecule has 0 bridgehead atoms. The molecule has 3 aromatic rings. The van der Waals surface area contributed by atoms with E-state index in [1.165, 1.54) is 13.2 Å². The van der Waals surface area contributed by atoms with Crippen LogP contribution in [0.2, 0.25) is 5.02 Å². The van der Waals surface area contributed by atoms with Crippen LogP contribution in [0.5, 0.6) is 17.2 Å². The van der Waals surface area contributed by atoms with Crippen LogP contribution in [-0.4, -0.2) is 53.6 Å². The molecule has 158 valence electrons. The summed E-state index contributed by atoms with van der Waals surface area (Å²) in [5, 5.41) is 31.2. The van der Waals surface area contributed by atoms with Crippen LogP contribution in [0.3, 0.4) is 0 Å². The third kappa shape index (κ3) is 3.29. The number of phenols is 2. The van der Waals surface area contributed by atoms with Crippen LogP contribution in [0, 0.1) is 0 Å². The molecule has 3 N–H and O–H groups in total. The van der Waals surface area contributed by atoms with E-state index in [0.717, 1.165) is 6.07 Å². The number of benzene rings is 2. The van der Waals surface area contributed by atoms with Crippen LogP contribution in [0.25, 0.3) is 22.3 Å². The van der Waals surface area contributed by atoms with Crippen molar-refractivity contribution in [2.24, 2.45) is 0 Å². The second-order valence-electron chi connectivity index (χ2n) is 7.48. The predicted octanol–water partition coefficient (Wildman–Crippen LogP) is 3.31. The number of methoxy groups -OCH3 is 1. The third-order valence-corrected chi connectivity index (χ3v) is 6.15. The van der Waals surface area contributed by atoms with E-state index < -0.39 is 5.43 Å². The number of rotatable bonds is 4. The Balaban J connectivity index is 2.01. The van der Waals surface area contributed by atoms with Crippen LogP contribution >= 0.6 is 11.6 Å². The first kappa shape index (κ1) is 20.5. The molecule has 1 aliphatic rings. The van der Waals surface area contributed by atoms with Crippen molar-refractivity contribution in [3.63, 3.8) is 0 Å². The number of ether oxygens (including phenoxy) is 1. The summed E-state index contributed by atoms with van der Waals surface area (Å²) in [5.74, 6) is -0.100. The average molecular weight is 432 g/mol. The number of aromatic hydroxyl groups is 2. The zero-order chi connectivity index (χ0) is 21.6. The molecule has 2 atom stereocenters. The van der Waals surface area contributed by atoms with Crippen molar-refractivity contribution >= 4 is 22.6 Å². The minimum atomic E-state index is -0.462. The fraction of sp³-hybridized carbons (Fsp3) is 0.318. The smallest absolute Gasteiger partial charge is 0.197 e. The van der Waals surface area contributed by atoms with E-state index in [1.54, 1.807) is 18.2 Å². The fourth-order valence-corrected chi connectivity index (χ4v) is 4.45. The van der Waals surface area contributed by atoms with Gasteiger partial charge in [0.1, 0.15) is 34.0 Å². The first-order valence-corrected chi connectivity index (χ1v) is 9.91. The van der Waals surface area contributed by atoms with Crippen molar-refractivity contribution in [3.05, 3.63) is 51.1 Å². The maximum absolute atomic E-state index is 12.9. The standard InChI is InChI=1S/C22H22ClNO6/c1-24-6-5-12(15(24)10-25)20-16(26)8-17(27)21-18(28)9-19(30-22(20)21)13-7-11(29-2)3-4-14(13)23/h3-4,7-9,12,15,25-27H,5-6,10H2,1-2H3. The number of fused-ring (bicyclic) bond motifs is 1. The predicted molar refractivity (Wildman–Crippen MR) is 114 cm³/mol.